The molecular weight excluding hydrogens is 206 g/mol. The highest BCUT2D eigenvalue weighted by Crippen LogP contribution is 2.21. The summed E-state index contributed by atoms with van der Waals surface area (Å²) in [5, 5.41) is 0. The Kier molecular flexibility index (Phi) is 2.60. The van der Waals surface area contributed by atoms with Crippen molar-refractivity contribution in [3.05, 3.63) is 40.8 Å². The van der Waals surface area contributed by atoms with Gasteiger partial charge in [-0.1, -0.05) is 30.3 Å². The molecule has 0 radical (unpaired) electrons. The second-order valence-electron chi connectivity index (χ2n) is 3.33. The van der Waals surface area contributed by atoms with E-state index >= 15 is 0 Å². The van der Waals surface area contributed by atoms with Gasteiger partial charge in [0.25, 0.3) is 0 Å². The fourth-order valence-electron chi connectivity index (χ4n) is 1.70. The van der Waals surface area contributed by atoms with Gasteiger partial charge >= 0.3 is 0 Å². The third-order valence-electron chi connectivity index (χ3n) is 2.35. The topological polar surface area (TPSA) is 32.8 Å². The van der Waals surface area contributed by atoms with Crippen molar-refractivity contribution in [1.29, 1.82) is 0 Å². The first-order chi connectivity index (χ1) is 7.24. The first-order valence-electron chi connectivity index (χ1n) is 4.79. The third kappa shape index (κ3) is 1.68. The summed E-state index contributed by atoms with van der Waals surface area (Å²) in [6.07, 6.45) is 0. The second kappa shape index (κ2) is 3.90. The Morgan fingerprint density at radius 3 is 2.53 bits per heavy atom. The number of imidazole rings is 1. The van der Waals surface area contributed by atoms with Crippen LogP contribution in [0.1, 0.15) is 5.69 Å². The smallest absolute Gasteiger partial charge is 0.196 e. The molecule has 2 N–H and O–H groups in total. The van der Waals surface area contributed by atoms with Gasteiger partial charge in [0, 0.05) is 18.3 Å². The largest absolute Gasteiger partial charge is 0.333 e. The number of benzene rings is 1. The van der Waals surface area contributed by atoms with Gasteiger partial charge in [-0.3, -0.25) is 0 Å². The van der Waals surface area contributed by atoms with Crippen LogP contribution in [0.3, 0.4) is 0 Å². The molecule has 0 unspecified atom stereocenters. The van der Waals surface area contributed by atoms with E-state index in [0.717, 1.165) is 17.0 Å². The highest BCUT2D eigenvalue weighted by atomic mass is 32.1. The van der Waals surface area contributed by atoms with E-state index in [1.807, 2.05) is 36.8 Å². The Morgan fingerprint density at radius 2 is 1.93 bits per heavy atom. The summed E-state index contributed by atoms with van der Waals surface area (Å²) < 4.78 is 2.56. The number of nitrogens with one attached hydrogen (secondary N) is 2. The van der Waals surface area contributed by atoms with Crippen LogP contribution in [-0.4, -0.2) is 16.7 Å². The summed E-state index contributed by atoms with van der Waals surface area (Å²) in [6, 6.07) is 10.2. The highest BCUT2D eigenvalue weighted by Gasteiger charge is 2.09. The van der Waals surface area contributed by atoms with Crippen molar-refractivity contribution in [2.75, 3.05) is 12.5 Å². The molecule has 1 heterocycles. The maximum Gasteiger partial charge on any atom is 0.196 e. The van der Waals surface area contributed by atoms with E-state index in [1.54, 1.807) is 0 Å². The van der Waals surface area contributed by atoms with Crippen molar-refractivity contribution < 1.29 is 0 Å². The predicted molar refractivity (Wildman–Crippen MR) is 65.1 cm³/mol. The summed E-state index contributed by atoms with van der Waals surface area (Å²) in [5.41, 5.74) is 6.37. The van der Waals surface area contributed by atoms with Gasteiger partial charge in [-0.15, -0.1) is 0 Å². The number of aromatic amines is 1. The average molecular weight is 219 g/mol. The molecule has 0 spiro atoms. The minimum Gasteiger partial charge on any atom is -0.333 e. The monoisotopic (exact) mass is 219 g/mol. The van der Waals surface area contributed by atoms with Crippen LogP contribution >= 0.6 is 12.2 Å². The zero-order valence-corrected chi connectivity index (χ0v) is 9.56. The molecule has 15 heavy (non-hydrogen) atoms. The zero-order valence-electron chi connectivity index (χ0n) is 8.74. The number of hydrogen-bond acceptors (Lipinski definition) is 2. The van der Waals surface area contributed by atoms with Crippen LogP contribution in [0.2, 0.25) is 0 Å². The maximum absolute atomic E-state index is 5.20. The van der Waals surface area contributed by atoms with Gasteiger partial charge in [-0.2, -0.15) is 0 Å². The lowest BCUT2D eigenvalue weighted by Gasteiger charge is -2.07. The van der Waals surface area contributed by atoms with E-state index in [-0.39, 0.29) is 0 Å². The number of H-pyrrole nitrogens is 1. The molecule has 0 amide bonds. The van der Waals surface area contributed by atoms with E-state index in [2.05, 4.69) is 22.5 Å². The standard InChI is InChI=1S/C11H13N3S/c1-8-10(9-6-4-3-5-7-9)14(12-2)11(15)13-8/h3-7,12H,1-2H3,(H,13,15). The lowest BCUT2D eigenvalue weighted by molar-refractivity contribution is 0.913. The van der Waals surface area contributed by atoms with Crippen molar-refractivity contribution in [1.82, 2.24) is 9.66 Å². The number of nitrogens with zero attached hydrogens (tertiary/aromatic N) is 1. The van der Waals surface area contributed by atoms with Gasteiger partial charge in [0.15, 0.2) is 4.77 Å². The molecule has 0 aliphatic heterocycles. The Balaban J connectivity index is 2.67. The summed E-state index contributed by atoms with van der Waals surface area (Å²) in [4.78, 5) is 3.14. The molecule has 0 bridgehead atoms. The van der Waals surface area contributed by atoms with Gasteiger partial charge in [-0.05, 0) is 19.1 Å². The SMILES string of the molecule is CNn1c(-c2ccccc2)c(C)[nH]c1=S. The van der Waals surface area contributed by atoms with E-state index in [4.69, 9.17) is 12.2 Å². The zero-order chi connectivity index (χ0) is 10.8. The quantitative estimate of drug-likeness (QED) is 0.761. The lowest BCUT2D eigenvalue weighted by Crippen LogP contribution is -2.10. The number of aryl methyl sites for hydroxylation is 1. The van der Waals surface area contributed by atoms with Gasteiger partial charge in [0.2, 0.25) is 0 Å². The van der Waals surface area contributed by atoms with Crippen LogP contribution in [-0.2, 0) is 0 Å². The first kappa shape index (κ1) is 9.98. The van der Waals surface area contributed by atoms with Gasteiger partial charge in [0.05, 0.1) is 5.69 Å². The van der Waals surface area contributed by atoms with Crippen LogP contribution in [0, 0.1) is 11.7 Å². The van der Waals surface area contributed by atoms with Crippen LogP contribution in [0.25, 0.3) is 11.3 Å². The molecule has 0 saturated heterocycles. The van der Waals surface area contributed by atoms with Crippen molar-refractivity contribution in [3.8, 4) is 11.3 Å². The van der Waals surface area contributed by atoms with E-state index in [1.165, 1.54) is 0 Å². The Morgan fingerprint density at radius 1 is 1.27 bits per heavy atom. The summed E-state index contributed by atoms with van der Waals surface area (Å²) in [7, 11) is 1.86. The first-order valence-corrected chi connectivity index (χ1v) is 5.19. The summed E-state index contributed by atoms with van der Waals surface area (Å²) in [6.45, 7) is 2.02. The molecule has 0 atom stereocenters. The molecule has 78 valence electrons. The van der Waals surface area contributed by atoms with Crippen LogP contribution in [0.15, 0.2) is 30.3 Å². The maximum atomic E-state index is 5.20. The Bertz CT molecular complexity index is 510. The molecule has 2 aromatic rings. The van der Waals surface area contributed by atoms with E-state index in [9.17, 15) is 0 Å². The third-order valence-corrected chi connectivity index (χ3v) is 2.63. The number of hydrogen-bond donors (Lipinski definition) is 2. The molecule has 4 heteroatoms. The number of rotatable bonds is 2. The van der Waals surface area contributed by atoms with Gasteiger partial charge in [-0.25, -0.2) is 4.68 Å². The molecular formula is C11H13N3S. The summed E-state index contributed by atoms with van der Waals surface area (Å²) in [5.74, 6) is 0. The van der Waals surface area contributed by atoms with E-state index < -0.39 is 0 Å². The van der Waals surface area contributed by atoms with E-state index in [0.29, 0.717) is 4.77 Å². The molecule has 2 rings (SSSR count). The van der Waals surface area contributed by atoms with Crippen LogP contribution in [0.5, 0.6) is 0 Å². The van der Waals surface area contributed by atoms with Crippen molar-refractivity contribution in [2.45, 2.75) is 6.92 Å². The van der Waals surface area contributed by atoms with Crippen molar-refractivity contribution in [2.24, 2.45) is 0 Å². The minimum absolute atomic E-state index is 0.689. The van der Waals surface area contributed by atoms with Crippen LogP contribution in [0.4, 0.5) is 0 Å². The molecule has 3 nitrogen and oxygen atoms in total. The fraction of sp³-hybridized carbons (Fsp3) is 0.182. The second-order valence-corrected chi connectivity index (χ2v) is 3.72. The van der Waals surface area contributed by atoms with Crippen molar-refractivity contribution >= 4 is 12.2 Å². The fourth-order valence-corrected chi connectivity index (χ4v) is 2.04. The molecule has 0 aliphatic carbocycles. The Hall–Kier alpha value is -1.55. The summed E-state index contributed by atoms with van der Waals surface area (Å²) >= 11 is 5.20. The normalized spacial score (nSPS) is 10.3. The number of aromatic nitrogens is 2. The lowest BCUT2D eigenvalue weighted by atomic mass is 10.1. The molecule has 0 aliphatic rings. The molecule has 0 fully saturated rings. The highest BCUT2D eigenvalue weighted by molar-refractivity contribution is 7.71. The van der Waals surface area contributed by atoms with Gasteiger partial charge < -0.3 is 10.4 Å². The molecule has 0 saturated carbocycles. The van der Waals surface area contributed by atoms with Gasteiger partial charge in [0.1, 0.15) is 0 Å². The predicted octanol–water partition coefficient (Wildman–Crippen LogP) is 2.69. The van der Waals surface area contributed by atoms with Crippen molar-refractivity contribution in [3.63, 3.8) is 0 Å². The average Bonchev–Trinajstić information content (AvgIpc) is 2.54. The molecule has 1 aromatic carbocycles. The Labute approximate surface area is 93.7 Å². The van der Waals surface area contributed by atoms with Crippen LogP contribution < -0.4 is 5.43 Å². The minimum atomic E-state index is 0.689. The molecule has 1 aromatic heterocycles.